The van der Waals surface area contributed by atoms with Crippen LogP contribution < -0.4 is 4.90 Å². The van der Waals surface area contributed by atoms with Crippen LogP contribution in [0.1, 0.15) is 32.3 Å². The minimum atomic E-state index is 0.0652. The second-order valence-corrected chi connectivity index (χ2v) is 4.71. The molecule has 0 radical (unpaired) electrons. The number of pyridine rings is 1. The molecule has 0 amide bonds. The third-order valence-corrected chi connectivity index (χ3v) is 3.19. The monoisotopic (exact) mass is 206 g/mol. The van der Waals surface area contributed by atoms with Crippen molar-refractivity contribution in [3.63, 3.8) is 0 Å². The maximum absolute atomic E-state index is 9.28. The number of hydrogen-bond acceptors (Lipinski definition) is 3. The van der Waals surface area contributed by atoms with Gasteiger partial charge in [-0.3, -0.25) is 0 Å². The summed E-state index contributed by atoms with van der Waals surface area (Å²) >= 11 is 0. The van der Waals surface area contributed by atoms with Gasteiger partial charge < -0.3 is 10.0 Å². The second kappa shape index (κ2) is 3.81. The van der Waals surface area contributed by atoms with Gasteiger partial charge in [0.15, 0.2) is 0 Å². The Morgan fingerprint density at radius 3 is 2.93 bits per heavy atom. The van der Waals surface area contributed by atoms with E-state index in [-0.39, 0.29) is 12.1 Å². The number of hydrogen-bond donors (Lipinski definition) is 1. The van der Waals surface area contributed by atoms with Crippen molar-refractivity contribution in [2.45, 2.75) is 38.8 Å². The molecule has 82 valence electrons. The van der Waals surface area contributed by atoms with E-state index >= 15 is 0 Å². The molecule has 1 aliphatic heterocycles. The van der Waals surface area contributed by atoms with E-state index in [1.807, 2.05) is 12.1 Å². The number of aromatic nitrogens is 1. The maximum atomic E-state index is 9.28. The molecular weight excluding hydrogens is 188 g/mol. The number of aliphatic hydroxyl groups excluding tert-OH is 1. The van der Waals surface area contributed by atoms with Crippen LogP contribution in [0.2, 0.25) is 0 Å². The third-order valence-electron chi connectivity index (χ3n) is 3.19. The Kier molecular flexibility index (Phi) is 2.65. The van der Waals surface area contributed by atoms with E-state index in [0.717, 1.165) is 17.9 Å². The molecule has 1 saturated heterocycles. The Bertz CT molecular complexity index is 349. The van der Waals surface area contributed by atoms with Crippen LogP contribution >= 0.6 is 0 Å². The number of anilines is 1. The second-order valence-electron chi connectivity index (χ2n) is 4.71. The van der Waals surface area contributed by atoms with E-state index in [1.54, 1.807) is 6.20 Å². The highest BCUT2D eigenvalue weighted by Crippen LogP contribution is 2.33. The Morgan fingerprint density at radius 2 is 2.33 bits per heavy atom. The first-order chi connectivity index (χ1) is 7.15. The van der Waals surface area contributed by atoms with Gasteiger partial charge in [0.05, 0.1) is 6.61 Å². The number of aliphatic hydroxyl groups is 1. The minimum absolute atomic E-state index is 0.0652. The average Bonchev–Trinajstić information content (AvgIpc) is 2.58. The smallest absolute Gasteiger partial charge is 0.134 e. The van der Waals surface area contributed by atoms with Crippen molar-refractivity contribution >= 4 is 5.82 Å². The Balaban J connectivity index is 2.36. The predicted octanol–water partition coefficient (Wildman–Crippen LogP) is 1.95. The van der Waals surface area contributed by atoms with Crippen LogP contribution in [0.3, 0.4) is 0 Å². The lowest BCUT2D eigenvalue weighted by Crippen LogP contribution is -2.39. The normalized spacial score (nSPS) is 19.5. The standard InChI is InChI=1S/C12H18N2O/c1-12(2)6-4-8-14(12)11-10(9-15)5-3-7-13-11/h3,5,7,15H,4,6,8-9H2,1-2H3. The van der Waals surface area contributed by atoms with Crippen molar-refractivity contribution in [3.8, 4) is 0 Å². The molecule has 0 unspecified atom stereocenters. The zero-order valence-electron chi connectivity index (χ0n) is 9.40. The molecule has 1 N–H and O–H groups in total. The van der Waals surface area contributed by atoms with E-state index in [4.69, 9.17) is 0 Å². The van der Waals surface area contributed by atoms with Gasteiger partial charge in [0.25, 0.3) is 0 Å². The fourth-order valence-corrected chi connectivity index (χ4v) is 2.30. The molecule has 1 aliphatic rings. The van der Waals surface area contributed by atoms with Crippen LogP contribution in [0.25, 0.3) is 0 Å². The molecule has 2 rings (SSSR count). The van der Waals surface area contributed by atoms with Crippen molar-refractivity contribution in [3.05, 3.63) is 23.9 Å². The lowest BCUT2D eigenvalue weighted by molar-refractivity contribution is 0.281. The lowest BCUT2D eigenvalue weighted by Gasteiger charge is -2.33. The first kappa shape index (κ1) is 10.4. The summed E-state index contributed by atoms with van der Waals surface area (Å²) in [5.41, 5.74) is 1.09. The molecule has 15 heavy (non-hydrogen) atoms. The van der Waals surface area contributed by atoms with Gasteiger partial charge in [-0.25, -0.2) is 4.98 Å². The molecule has 0 saturated carbocycles. The molecule has 0 bridgehead atoms. The van der Waals surface area contributed by atoms with Gasteiger partial charge in [0.1, 0.15) is 5.82 Å². The topological polar surface area (TPSA) is 36.4 Å². The first-order valence-electron chi connectivity index (χ1n) is 5.47. The van der Waals surface area contributed by atoms with E-state index in [1.165, 1.54) is 12.8 Å². The molecule has 1 aromatic rings. The van der Waals surface area contributed by atoms with E-state index in [0.29, 0.717) is 0 Å². The molecule has 0 aromatic carbocycles. The molecule has 0 aliphatic carbocycles. The minimum Gasteiger partial charge on any atom is -0.392 e. The van der Waals surface area contributed by atoms with Crippen LogP contribution in [0, 0.1) is 0 Å². The summed E-state index contributed by atoms with van der Waals surface area (Å²) in [7, 11) is 0. The zero-order chi connectivity index (χ0) is 10.9. The molecule has 1 fully saturated rings. The molecule has 2 heterocycles. The van der Waals surface area contributed by atoms with Gasteiger partial charge in [-0.15, -0.1) is 0 Å². The summed E-state index contributed by atoms with van der Waals surface area (Å²) in [6, 6.07) is 3.81. The van der Waals surface area contributed by atoms with Crippen molar-refractivity contribution in [1.82, 2.24) is 4.98 Å². The van der Waals surface area contributed by atoms with Crippen molar-refractivity contribution < 1.29 is 5.11 Å². The van der Waals surface area contributed by atoms with Gasteiger partial charge in [0.2, 0.25) is 0 Å². The van der Waals surface area contributed by atoms with Crippen LogP contribution in [-0.4, -0.2) is 22.2 Å². The Labute approximate surface area is 90.8 Å². The molecule has 0 spiro atoms. The Hall–Kier alpha value is -1.09. The van der Waals surface area contributed by atoms with Crippen molar-refractivity contribution in [2.24, 2.45) is 0 Å². The molecule has 3 nitrogen and oxygen atoms in total. The lowest BCUT2D eigenvalue weighted by atomic mass is 10.0. The van der Waals surface area contributed by atoms with E-state index < -0.39 is 0 Å². The van der Waals surface area contributed by atoms with E-state index in [9.17, 15) is 5.11 Å². The van der Waals surface area contributed by atoms with Gasteiger partial charge in [0, 0.05) is 23.8 Å². The zero-order valence-corrected chi connectivity index (χ0v) is 9.40. The van der Waals surface area contributed by atoms with Crippen LogP contribution in [-0.2, 0) is 6.61 Å². The predicted molar refractivity (Wildman–Crippen MR) is 60.8 cm³/mol. The van der Waals surface area contributed by atoms with Gasteiger partial charge in [-0.05, 0) is 32.8 Å². The first-order valence-corrected chi connectivity index (χ1v) is 5.47. The van der Waals surface area contributed by atoms with Gasteiger partial charge in [-0.2, -0.15) is 0 Å². The van der Waals surface area contributed by atoms with Crippen LogP contribution in [0.5, 0.6) is 0 Å². The molecule has 3 heteroatoms. The van der Waals surface area contributed by atoms with Crippen molar-refractivity contribution in [1.29, 1.82) is 0 Å². The summed E-state index contributed by atoms with van der Waals surface area (Å²) in [6.45, 7) is 5.57. The summed E-state index contributed by atoms with van der Waals surface area (Å²) in [5.74, 6) is 0.947. The number of rotatable bonds is 2. The van der Waals surface area contributed by atoms with E-state index in [2.05, 4.69) is 23.7 Å². The number of nitrogens with zero attached hydrogens (tertiary/aromatic N) is 2. The average molecular weight is 206 g/mol. The molecule has 0 atom stereocenters. The highest BCUT2D eigenvalue weighted by Gasteiger charge is 2.33. The maximum Gasteiger partial charge on any atom is 0.134 e. The van der Waals surface area contributed by atoms with Crippen molar-refractivity contribution in [2.75, 3.05) is 11.4 Å². The fraction of sp³-hybridized carbons (Fsp3) is 0.583. The SMILES string of the molecule is CC1(C)CCCN1c1ncccc1CO. The largest absolute Gasteiger partial charge is 0.392 e. The van der Waals surface area contributed by atoms with Crippen LogP contribution in [0.4, 0.5) is 5.82 Å². The molecule has 1 aromatic heterocycles. The van der Waals surface area contributed by atoms with Gasteiger partial charge >= 0.3 is 0 Å². The third kappa shape index (κ3) is 1.84. The van der Waals surface area contributed by atoms with Crippen LogP contribution in [0.15, 0.2) is 18.3 Å². The summed E-state index contributed by atoms with van der Waals surface area (Å²) in [4.78, 5) is 6.70. The summed E-state index contributed by atoms with van der Waals surface area (Å²) < 4.78 is 0. The summed E-state index contributed by atoms with van der Waals surface area (Å²) in [5, 5.41) is 9.28. The fourth-order valence-electron chi connectivity index (χ4n) is 2.30. The highest BCUT2D eigenvalue weighted by molar-refractivity contribution is 5.49. The molecular formula is C12H18N2O. The van der Waals surface area contributed by atoms with Gasteiger partial charge in [-0.1, -0.05) is 6.07 Å². The highest BCUT2D eigenvalue weighted by atomic mass is 16.3. The quantitative estimate of drug-likeness (QED) is 0.803. The summed E-state index contributed by atoms with van der Waals surface area (Å²) in [6.07, 6.45) is 4.19. The Morgan fingerprint density at radius 1 is 1.53 bits per heavy atom.